The Morgan fingerprint density at radius 1 is 1.36 bits per heavy atom. The van der Waals surface area contributed by atoms with Gasteiger partial charge in [0.2, 0.25) is 0 Å². The standard InChI is InChI=1S/C25H34O8/c1-6-13(3)21(27)31-16-10-24(5)17(32-23(29)15(7-2)11-26)8-9-25(12-30-25)20(24)19-18(16)14(4)22(28)33-19/h7,13,16-20,26H,4,6,8-12H2,1-3,5H3/b15-7-/t13-,16+,17+,18-,19+,20-,24+,25-/m1/s1. The molecule has 33 heavy (non-hydrogen) atoms. The fourth-order valence-electron chi connectivity index (χ4n) is 6.11. The molecule has 1 N–H and O–H groups in total. The van der Waals surface area contributed by atoms with E-state index >= 15 is 0 Å². The first-order valence-corrected chi connectivity index (χ1v) is 11.8. The van der Waals surface area contributed by atoms with Crippen LogP contribution in [0.15, 0.2) is 23.8 Å². The van der Waals surface area contributed by atoms with Gasteiger partial charge in [-0.1, -0.05) is 33.4 Å². The van der Waals surface area contributed by atoms with E-state index in [0.717, 1.165) is 0 Å². The van der Waals surface area contributed by atoms with Gasteiger partial charge in [-0.25, -0.2) is 9.59 Å². The van der Waals surface area contributed by atoms with Crippen LogP contribution in [0.25, 0.3) is 0 Å². The van der Waals surface area contributed by atoms with Gasteiger partial charge >= 0.3 is 17.9 Å². The Morgan fingerprint density at radius 3 is 2.64 bits per heavy atom. The highest BCUT2D eigenvalue weighted by atomic mass is 16.6. The van der Waals surface area contributed by atoms with Gasteiger partial charge in [0.05, 0.1) is 36.2 Å². The van der Waals surface area contributed by atoms with Crippen LogP contribution in [0.1, 0.15) is 53.4 Å². The van der Waals surface area contributed by atoms with Crippen LogP contribution in [0.2, 0.25) is 0 Å². The van der Waals surface area contributed by atoms with Gasteiger partial charge in [0.1, 0.15) is 18.3 Å². The summed E-state index contributed by atoms with van der Waals surface area (Å²) in [5, 5.41) is 9.50. The Kier molecular flexibility index (Phi) is 6.20. The second kappa shape index (κ2) is 8.55. The van der Waals surface area contributed by atoms with E-state index < -0.39 is 53.8 Å². The lowest BCUT2D eigenvalue weighted by atomic mass is 9.51. The number of aliphatic hydroxyl groups is 1. The van der Waals surface area contributed by atoms with Crippen molar-refractivity contribution in [3.8, 4) is 0 Å². The normalized spacial score (nSPS) is 40.5. The van der Waals surface area contributed by atoms with E-state index in [1.165, 1.54) is 6.08 Å². The zero-order chi connectivity index (χ0) is 24.1. The monoisotopic (exact) mass is 462 g/mol. The molecule has 0 radical (unpaired) electrons. The van der Waals surface area contributed by atoms with Crippen LogP contribution in [-0.4, -0.2) is 60.1 Å². The summed E-state index contributed by atoms with van der Waals surface area (Å²) in [6, 6.07) is 0. The smallest absolute Gasteiger partial charge is 0.336 e. The lowest BCUT2D eigenvalue weighted by Gasteiger charge is -2.56. The number of allylic oxidation sites excluding steroid dienone is 1. The van der Waals surface area contributed by atoms with Crippen molar-refractivity contribution in [3.63, 3.8) is 0 Å². The van der Waals surface area contributed by atoms with Crippen LogP contribution in [0.4, 0.5) is 0 Å². The Bertz CT molecular complexity index is 887. The predicted molar refractivity (Wildman–Crippen MR) is 117 cm³/mol. The van der Waals surface area contributed by atoms with E-state index in [2.05, 4.69) is 6.58 Å². The van der Waals surface area contributed by atoms with Crippen LogP contribution >= 0.6 is 0 Å². The molecular weight excluding hydrogens is 428 g/mol. The quantitative estimate of drug-likeness (QED) is 0.277. The number of carbonyl (C=O) groups excluding carboxylic acids is 3. The van der Waals surface area contributed by atoms with Crippen LogP contribution in [0, 0.1) is 23.2 Å². The van der Waals surface area contributed by atoms with Gasteiger partial charge in [0, 0.05) is 16.9 Å². The number of carbonyl (C=O) groups is 3. The third-order valence-electron chi connectivity index (χ3n) is 8.30. The highest BCUT2D eigenvalue weighted by Crippen LogP contribution is 2.64. The molecule has 2 aliphatic heterocycles. The van der Waals surface area contributed by atoms with Gasteiger partial charge in [-0.15, -0.1) is 0 Å². The number of esters is 3. The Hall–Kier alpha value is -2.19. The second-order valence-electron chi connectivity index (χ2n) is 10.2. The minimum atomic E-state index is -0.662. The molecule has 182 valence electrons. The van der Waals surface area contributed by atoms with E-state index in [1.54, 1.807) is 6.92 Å². The summed E-state index contributed by atoms with van der Waals surface area (Å²) in [7, 11) is 0. The number of rotatable bonds is 6. The molecule has 2 aliphatic carbocycles. The summed E-state index contributed by atoms with van der Waals surface area (Å²) in [5.74, 6) is -2.34. The molecular formula is C25H34O8. The first-order chi connectivity index (χ1) is 15.6. The molecule has 4 aliphatic rings. The van der Waals surface area contributed by atoms with Gasteiger partial charge in [-0.05, 0) is 32.6 Å². The first kappa shape index (κ1) is 24.0. The molecule has 0 bridgehead atoms. The lowest BCUT2D eigenvalue weighted by Crippen LogP contribution is -2.63. The number of ether oxygens (including phenoxy) is 4. The molecule has 0 aromatic heterocycles. The van der Waals surface area contributed by atoms with Crippen molar-refractivity contribution < 1.29 is 38.4 Å². The number of hydrogen-bond donors (Lipinski definition) is 1. The minimum absolute atomic E-state index is 0.187. The van der Waals surface area contributed by atoms with Crippen LogP contribution in [0.5, 0.6) is 0 Å². The largest absolute Gasteiger partial charge is 0.461 e. The maximum absolute atomic E-state index is 12.7. The molecule has 0 amide bonds. The summed E-state index contributed by atoms with van der Waals surface area (Å²) in [4.78, 5) is 38.0. The fraction of sp³-hybridized carbons (Fsp3) is 0.720. The zero-order valence-electron chi connectivity index (χ0n) is 19.8. The van der Waals surface area contributed by atoms with Gasteiger partial charge in [-0.2, -0.15) is 0 Å². The molecule has 2 saturated carbocycles. The molecule has 4 rings (SSSR count). The average molecular weight is 463 g/mol. The lowest BCUT2D eigenvalue weighted by molar-refractivity contribution is -0.210. The van der Waals surface area contributed by atoms with Crippen molar-refractivity contribution in [3.05, 3.63) is 23.8 Å². The molecule has 8 nitrogen and oxygen atoms in total. The van der Waals surface area contributed by atoms with Crippen molar-refractivity contribution in [1.29, 1.82) is 0 Å². The van der Waals surface area contributed by atoms with Crippen LogP contribution in [0.3, 0.4) is 0 Å². The minimum Gasteiger partial charge on any atom is -0.461 e. The van der Waals surface area contributed by atoms with E-state index in [0.29, 0.717) is 37.9 Å². The summed E-state index contributed by atoms with van der Waals surface area (Å²) >= 11 is 0. The summed E-state index contributed by atoms with van der Waals surface area (Å²) in [6.07, 6.45) is 2.11. The second-order valence-corrected chi connectivity index (χ2v) is 10.2. The number of hydrogen-bond acceptors (Lipinski definition) is 8. The van der Waals surface area contributed by atoms with Gasteiger partial charge < -0.3 is 24.1 Å². The molecule has 1 spiro atoms. The van der Waals surface area contributed by atoms with Crippen molar-refractivity contribution in [1.82, 2.24) is 0 Å². The highest BCUT2D eigenvalue weighted by molar-refractivity contribution is 5.91. The molecule has 0 unspecified atom stereocenters. The average Bonchev–Trinajstić information content (AvgIpc) is 3.48. The van der Waals surface area contributed by atoms with Gasteiger partial charge in [-0.3, -0.25) is 4.79 Å². The summed E-state index contributed by atoms with van der Waals surface area (Å²) < 4.78 is 23.7. The molecule has 8 heteroatoms. The molecule has 4 fully saturated rings. The zero-order valence-corrected chi connectivity index (χ0v) is 19.8. The van der Waals surface area contributed by atoms with E-state index in [1.807, 2.05) is 20.8 Å². The fourth-order valence-corrected chi connectivity index (χ4v) is 6.11. The van der Waals surface area contributed by atoms with Crippen molar-refractivity contribution >= 4 is 17.9 Å². The number of fused-ring (bicyclic) bond motifs is 4. The third-order valence-corrected chi connectivity index (χ3v) is 8.30. The third kappa shape index (κ3) is 3.81. The van der Waals surface area contributed by atoms with E-state index in [4.69, 9.17) is 18.9 Å². The molecule has 2 saturated heterocycles. The van der Waals surface area contributed by atoms with Crippen LogP contribution in [-0.2, 0) is 33.3 Å². The maximum atomic E-state index is 12.7. The number of epoxide rings is 1. The van der Waals surface area contributed by atoms with E-state index in [9.17, 15) is 19.5 Å². The molecule has 2 heterocycles. The SMILES string of the molecule is C=C1C(=O)O[C@H]2[C@H]1[C@@H](OC(=O)[C@H](C)CC)C[C@@]1(C)[C@@H](OC(=O)/C(=C\C)CO)CC[C@@]3(CO3)[C@H]21. The molecule has 8 atom stereocenters. The maximum Gasteiger partial charge on any atom is 0.336 e. The van der Waals surface area contributed by atoms with Crippen LogP contribution < -0.4 is 0 Å². The van der Waals surface area contributed by atoms with E-state index in [-0.39, 0.29) is 23.4 Å². The molecule has 0 aromatic carbocycles. The molecule has 0 aromatic rings. The summed E-state index contributed by atoms with van der Waals surface area (Å²) in [6.45, 7) is 11.5. The number of aliphatic hydroxyl groups excluding tert-OH is 1. The summed E-state index contributed by atoms with van der Waals surface area (Å²) in [5.41, 5.74) is -0.606. The first-order valence-electron chi connectivity index (χ1n) is 11.8. The predicted octanol–water partition coefficient (Wildman–Crippen LogP) is 2.48. The Balaban J connectivity index is 1.70. The van der Waals surface area contributed by atoms with Crippen molar-refractivity contribution in [2.24, 2.45) is 23.2 Å². The topological polar surface area (TPSA) is 112 Å². The van der Waals surface area contributed by atoms with Gasteiger partial charge in [0.15, 0.2) is 0 Å². The van der Waals surface area contributed by atoms with Gasteiger partial charge in [0.25, 0.3) is 0 Å². The highest BCUT2D eigenvalue weighted by Gasteiger charge is 2.72. The Morgan fingerprint density at radius 2 is 2.06 bits per heavy atom. The van der Waals surface area contributed by atoms with Crippen molar-refractivity contribution in [2.75, 3.05) is 13.2 Å². The van der Waals surface area contributed by atoms with Crippen molar-refractivity contribution in [2.45, 2.75) is 77.3 Å². The Labute approximate surface area is 194 Å².